The van der Waals surface area contributed by atoms with Crippen LogP contribution < -0.4 is 10.6 Å². The van der Waals surface area contributed by atoms with Crippen LogP contribution in [0.3, 0.4) is 0 Å². The van der Waals surface area contributed by atoms with Gasteiger partial charge in [0.05, 0.1) is 0 Å². The monoisotopic (exact) mass is 473 g/mol. The number of allylic oxidation sites excluding steroid dienone is 3. The Morgan fingerprint density at radius 2 is 2.15 bits per heavy atom. The summed E-state index contributed by atoms with van der Waals surface area (Å²) >= 11 is -0.650. The number of hydrogen-bond donors (Lipinski definition) is 3. The molecule has 0 saturated carbocycles. The predicted molar refractivity (Wildman–Crippen MR) is 132 cm³/mol. The lowest BCUT2D eigenvalue weighted by atomic mass is 9.79. The Hall–Kier alpha value is -2.00. The van der Waals surface area contributed by atoms with Crippen molar-refractivity contribution in [2.45, 2.75) is 57.8 Å². The Morgan fingerprint density at radius 1 is 1.39 bits per heavy atom. The van der Waals surface area contributed by atoms with Gasteiger partial charge in [0, 0.05) is 60.7 Å². The highest BCUT2D eigenvalue weighted by Gasteiger charge is 2.38. The smallest absolute Gasteiger partial charge is 0.251 e. The van der Waals surface area contributed by atoms with Gasteiger partial charge in [0.1, 0.15) is 6.17 Å². The van der Waals surface area contributed by atoms with Crippen LogP contribution in [-0.2, 0) is 21.7 Å². The van der Waals surface area contributed by atoms with Gasteiger partial charge < -0.3 is 10.6 Å². The summed E-state index contributed by atoms with van der Waals surface area (Å²) in [5.74, 6) is 0.0458. The summed E-state index contributed by atoms with van der Waals surface area (Å²) in [6.07, 6.45) is 11.8. The molecule has 1 aromatic heterocycles. The molecular formula is C25H34FN4O2S+. The zero-order valence-electron chi connectivity index (χ0n) is 19.6. The van der Waals surface area contributed by atoms with E-state index >= 15 is 0 Å². The van der Waals surface area contributed by atoms with E-state index in [4.69, 9.17) is 0 Å². The first-order valence-electron chi connectivity index (χ1n) is 11.7. The standard InChI is InChI=1S/C25H33FN4O2S/c1-4-33(32)30-12-9-19(10-13-30)29-25(3)15-20(14-18-8-11-27-16-22(18)25)28-24(31)21-6-5-7-23(26)17(21)2/h5-8,11,14,16-17,19,23,29,32H,4,9-10,12-13,15H2,1-3H3/p+1. The molecular weight excluding hydrogens is 439 g/mol. The molecule has 4 unspecified atom stereocenters. The van der Waals surface area contributed by atoms with Gasteiger partial charge in [0.15, 0.2) is 5.75 Å². The van der Waals surface area contributed by atoms with Gasteiger partial charge in [0.25, 0.3) is 5.91 Å². The molecule has 0 spiro atoms. The lowest BCUT2D eigenvalue weighted by Gasteiger charge is -2.41. The van der Waals surface area contributed by atoms with Crippen molar-refractivity contribution in [2.75, 3.05) is 18.8 Å². The van der Waals surface area contributed by atoms with Crippen LogP contribution in [0.15, 0.2) is 48.0 Å². The van der Waals surface area contributed by atoms with Gasteiger partial charge in [-0.15, -0.1) is 0 Å². The summed E-state index contributed by atoms with van der Waals surface area (Å²) in [7, 11) is 0. The highest BCUT2D eigenvalue weighted by atomic mass is 32.2. The van der Waals surface area contributed by atoms with Crippen LogP contribution in [0.2, 0.25) is 0 Å². The molecule has 1 saturated heterocycles. The maximum atomic E-state index is 14.1. The average Bonchev–Trinajstić information content (AvgIpc) is 2.80. The summed E-state index contributed by atoms with van der Waals surface area (Å²) in [4.78, 5) is 17.3. The predicted octanol–water partition coefficient (Wildman–Crippen LogP) is 3.71. The fraction of sp³-hybridized carbons (Fsp3) is 0.520. The van der Waals surface area contributed by atoms with E-state index in [0.29, 0.717) is 18.0 Å². The molecule has 2 heterocycles. The molecule has 0 aromatic carbocycles. The molecule has 0 bridgehead atoms. The van der Waals surface area contributed by atoms with Crippen molar-refractivity contribution in [3.63, 3.8) is 0 Å². The van der Waals surface area contributed by atoms with Gasteiger partial charge in [-0.05, 0) is 50.0 Å². The van der Waals surface area contributed by atoms with E-state index in [9.17, 15) is 13.7 Å². The van der Waals surface area contributed by atoms with Gasteiger partial charge in [-0.1, -0.05) is 29.5 Å². The van der Waals surface area contributed by atoms with E-state index in [1.165, 1.54) is 6.08 Å². The maximum absolute atomic E-state index is 14.1. The average molecular weight is 474 g/mol. The fourth-order valence-electron chi connectivity index (χ4n) is 5.02. The summed E-state index contributed by atoms with van der Waals surface area (Å²) in [5, 5.41) is 6.90. The molecule has 6 nitrogen and oxygen atoms in total. The summed E-state index contributed by atoms with van der Waals surface area (Å²) < 4.78 is 26.4. The van der Waals surface area contributed by atoms with Crippen molar-refractivity contribution in [2.24, 2.45) is 5.92 Å². The molecule has 1 amide bonds. The summed E-state index contributed by atoms with van der Waals surface area (Å²) in [6.45, 7) is 7.64. The number of aromatic nitrogens is 1. The van der Waals surface area contributed by atoms with Crippen LogP contribution in [0.4, 0.5) is 4.39 Å². The highest BCUT2D eigenvalue weighted by Crippen LogP contribution is 2.37. The molecule has 1 aromatic rings. The zero-order chi connectivity index (χ0) is 23.6. The van der Waals surface area contributed by atoms with Gasteiger partial charge in [-0.25, -0.2) is 4.39 Å². The van der Waals surface area contributed by atoms with Crippen LogP contribution in [0.1, 0.15) is 51.2 Å². The van der Waals surface area contributed by atoms with Gasteiger partial charge in [0.2, 0.25) is 11.4 Å². The van der Waals surface area contributed by atoms with Crippen LogP contribution >= 0.6 is 0 Å². The Morgan fingerprint density at radius 3 is 2.88 bits per heavy atom. The highest BCUT2D eigenvalue weighted by molar-refractivity contribution is 7.89. The van der Waals surface area contributed by atoms with Crippen molar-refractivity contribution in [1.29, 1.82) is 0 Å². The molecule has 0 radical (unpaired) electrons. The first kappa shape index (κ1) is 24.1. The van der Waals surface area contributed by atoms with Gasteiger partial charge in [-0.3, -0.25) is 9.78 Å². The summed E-state index contributed by atoms with van der Waals surface area (Å²) in [6, 6.07) is 2.27. The first-order chi connectivity index (χ1) is 15.8. The minimum atomic E-state index is -1.15. The van der Waals surface area contributed by atoms with Crippen LogP contribution in [0.25, 0.3) is 6.08 Å². The Labute approximate surface area is 198 Å². The lowest BCUT2D eigenvalue weighted by Crippen LogP contribution is -2.53. The lowest BCUT2D eigenvalue weighted by molar-refractivity contribution is -0.117. The number of halogens is 1. The molecule has 33 heavy (non-hydrogen) atoms. The van der Waals surface area contributed by atoms with E-state index in [0.717, 1.165) is 48.5 Å². The molecule has 4 atom stereocenters. The number of amides is 1. The second-order valence-corrected chi connectivity index (χ2v) is 11.1. The fourth-order valence-corrected chi connectivity index (χ4v) is 6.01. The van der Waals surface area contributed by atoms with E-state index in [1.807, 2.05) is 25.3 Å². The number of alkyl halides is 1. The second kappa shape index (κ2) is 10.1. The van der Waals surface area contributed by atoms with Crippen molar-refractivity contribution in [3.8, 4) is 0 Å². The molecule has 178 valence electrons. The Bertz CT molecular complexity index is 973. The number of fused-ring (bicyclic) bond motifs is 1. The van der Waals surface area contributed by atoms with Crippen molar-refractivity contribution in [3.05, 3.63) is 59.1 Å². The topological polar surface area (TPSA) is 77.5 Å². The molecule has 3 N–H and O–H groups in total. The van der Waals surface area contributed by atoms with E-state index in [-0.39, 0.29) is 5.91 Å². The number of pyridine rings is 1. The molecule has 4 rings (SSSR count). The zero-order valence-corrected chi connectivity index (χ0v) is 20.4. The molecule has 1 aliphatic heterocycles. The SMILES string of the molecule is CC[S+](O)N1CCC(NC2(C)CC(NC(=O)C3=CC=CC(F)C3C)=Cc3ccncc32)CC1. The third-order valence-electron chi connectivity index (χ3n) is 6.93. The number of hydrogen-bond acceptors (Lipinski definition) is 5. The third-order valence-corrected chi connectivity index (χ3v) is 8.41. The van der Waals surface area contributed by atoms with Crippen LogP contribution in [0.5, 0.6) is 0 Å². The Kier molecular flexibility index (Phi) is 7.38. The number of nitrogens with one attached hydrogen (secondary N) is 2. The minimum Gasteiger partial charge on any atom is -0.326 e. The number of piperidine rings is 1. The van der Waals surface area contributed by atoms with Crippen LogP contribution in [0, 0.1) is 5.92 Å². The maximum Gasteiger partial charge on any atom is 0.251 e. The first-order valence-corrected chi connectivity index (χ1v) is 13.0. The molecule has 8 heteroatoms. The van der Waals surface area contributed by atoms with E-state index in [2.05, 4.69) is 26.8 Å². The minimum absolute atomic E-state index is 0.247. The summed E-state index contributed by atoms with van der Waals surface area (Å²) in [5.41, 5.74) is 3.01. The van der Waals surface area contributed by atoms with Gasteiger partial charge >= 0.3 is 0 Å². The molecule has 3 aliphatic rings. The second-order valence-electron chi connectivity index (χ2n) is 9.31. The van der Waals surface area contributed by atoms with Crippen molar-refractivity contribution in [1.82, 2.24) is 19.9 Å². The quantitative estimate of drug-likeness (QED) is 0.549. The van der Waals surface area contributed by atoms with E-state index in [1.54, 1.807) is 25.3 Å². The van der Waals surface area contributed by atoms with Crippen molar-refractivity contribution < 1.29 is 13.7 Å². The Balaban J connectivity index is 1.50. The van der Waals surface area contributed by atoms with Crippen LogP contribution in [-0.4, -0.2) is 50.8 Å². The van der Waals surface area contributed by atoms with Crippen molar-refractivity contribution >= 4 is 23.3 Å². The molecule has 2 aliphatic carbocycles. The molecule has 1 fully saturated rings. The number of carbonyl (C=O) groups is 1. The number of nitrogens with zero attached hydrogens (tertiary/aromatic N) is 2. The number of carbonyl (C=O) groups excluding carboxylic acids is 1. The largest absolute Gasteiger partial charge is 0.326 e. The van der Waals surface area contributed by atoms with Gasteiger partial charge in [-0.2, -0.15) is 4.55 Å². The van der Waals surface area contributed by atoms with E-state index < -0.39 is 29.0 Å². The number of rotatable bonds is 6. The third kappa shape index (κ3) is 5.24. The normalized spacial score (nSPS) is 29.1.